The van der Waals surface area contributed by atoms with E-state index in [0.29, 0.717) is 5.02 Å². The Bertz CT molecular complexity index is 753. The van der Waals surface area contributed by atoms with E-state index in [9.17, 15) is 14.3 Å². The first kappa shape index (κ1) is 14.7. The van der Waals surface area contributed by atoms with Gasteiger partial charge in [-0.05, 0) is 48.2 Å². The van der Waals surface area contributed by atoms with E-state index in [1.54, 1.807) is 6.07 Å². The molecule has 0 spiro atoms. The maximum Gasteiger partial charge on any atom is 0.283 e. The number of phenolic OH excluding ortho intramolecular Hbond substituents is 1. The van der Waals surface area contributed by atoms with Gasteiger partial charge in [0.2, 0.25) is 0 Å². The summed E-state index contributed by atoms with van der Waals surface area (Å²) in [6, 6.07) is 9.36. The summed E-state index contributed by atoms with van der Waals surface area (Å²) in [7, 11) is 0. The molecule has 1 atom stereocenters. The van der Waals surface area contributed by atoms with Gasteiger partial charge in [0.1, 0.15) is 17.1 Å². The number of amides is 1. The molecule has 1 amide bonds. The number of phenols is 1. The number of hydrogen-bond donors (Lipinski definition) is 1. The number of halogens is 2. The lowest BCUT2D eigenvalue weighted by atomic mass is 10.0. The van der Waals surface area contributed by atoms with Crippen LogP contribution in [-0.4, -0.2) is 17.2 Å². The van der Waals surface area contributed by atoms with Crippen molar-refractivity contribution in [1.82, 2.24) is 0 Å². The average Bonchev–Trinajstić information content (AvgIpc) is 2.87. The van der Waals surface area contributed by atoms with Crippen molar-refractivity contribution in [2.45, 2.75) is 18.8 Å². The summed E-state index contributed by atoms with van der Waals surface area (Å²) in [4.78, 5) is 15.8. The van der Waals surface area contributed by atoms with Gasteiger partial charge in [-0.2, -0.15) is 0 Å². The molecule has 0 aliphatic heterocycles. The molecule has 3 nitrogen and oxygen atoms in total. The van der Waals surface area contributed by atoms with Gasteiger partial charge in [0.25, 0.3) is 5.91 Å². The SMILES string of the molecule is O=C(N=CC1CCc2cc(Cl)ccc21)c1c(O)cccc1F. The van der Waals surface area contributed by atoms with Crippen LogP contribution in [0.4, 0.5) is 4.39 Å². The van der Waals surface area contributed by atoms with Gasteiger partial charge in [-0.1, -0.05) is 23.7 Å². The first-order valence-corrected chi connectivity index (χ1v) is 7.28. The zero-order chi connectivity index (χ0) is 15.7. The van der Waals surface area contributed by atoms with Crippen LogP contribution in [0.1, 0.15) is 33.8 Å². The van der Waals surface area contributed by atoms with E-state index in [1.165, 1.54) is 18.3 Å². The number of aliphatic imine (C=N–C) groups is 1. The number of benzene rings is 2. The van der Waals surface area contributed by atoms with Gasteiger partial charge in [0, 0.05) is 17.2 Å². The highest BCUT2D eigenvalue weighted by Crippen LogP contribution is 2.33. The van der Waals surface area contributed by atoms with E-state index < -0.39 is 23.0 Å². The van der Waals surface area contributed by atoms with Crippen molar-refractivity contribution >= 4 is 23.7 Å². The van der Waals surface area contributed by atoms with Gasteiger partial charge in [-0.25, -0.2) is 9.38 Å². The lowest BCUT2D eigenvalue weighted by molar-refractivity contribution is 0.0996. The molecule has 3 rings (SSSR count). The number of hydrogen-bond acceptors (Lipinski definition) is 2. The Morgan fingerprint density at radius 2 is 2.18 bits per heavy atom. The third kappa shape index (κ3) is 2.74. The van der Waals surface area contributed by atoms with Gasteiger partial charge in [-0.3, -0.25) is 4.79 Å². The summed E-state index contributed by atoms with van der Waals surface area (Å²) in [6.07, 6.45) is 3.22. The van der Waals surface area contributed by atoms with Gasteiger partial charge in [-0.15, -0.1) is 0 Å². The molecular formula is C17H13ClFNO2. The second-order valence-electron chi connectivity index (χ2n) is 5.21. The highest BCUT2D eigenvalue weighted by Gasteiger charge is 2.22. The lowest BCUT2D eigenvalue weighted by Crippen LogP contribution is -2.03. The number of nitrogens with zero attached hydrogens (tertiary/aromatic N) is 1. The van der Waals surface area contributed by atoms with E-state index in [2.05, 4.69) is 4.99 Å². The number of carbonyl (C=O) groups excluding carboxylic acids is 1. The average molecular weight is 318 g/mol. The molecule has 0 heterocycles. The molecule has 0 fully saturated rings. The smallest absolute Gasteiger partial charge is 0.283 e. The lowest BCUT2D eigenvalue weighted by Gasteiger charge is -2.06. The first-order chi connectivity index (χ1) is 10.6. The molecule has 1 N–H and O–H groups in total. The second-order valence-corrected chi connectivity index (χ2v) is 5.64. The van der Waals surface area contributed by atoms with Crippen molar-refractivity contribution in [2.75, 3.05) is 0 Å². The molecule has 5 heteroatoms. The van der Waals surface area contributed by atoms with Gasteiger partial charge in [0.05, 0.1) is 0 Å². The largest absolute Gasteiger partial charge is 0.507 e. The van der Waals surface area contributed by atoms with Crippen LogP contribution in [0.3, 0.4) is 0 Å². The molecule has 0 saturated heterocycles. The van der Waals surface area contributed by atoms with Gasteiger partial charge in [0.15, 0.2) is 0 Å². The van der Waals surface area contributed by atoms with E-state index in [4.69, 9.17) is 11.6 Å². The van der Waals surface area contributed by atoms with Crippen LogP contribution in [0.15, 0.2) is 41.4 Å². The quantitative estimate of drug-likeness (QED) is 0.847. The molecular weight excluding hydrogens is 305 g/mol. The standard InChI is InChI=1S/C17H13ClFNO2/c18-12-6-7-13-10(8-12)4-5-11(13)9-20-17(22)16-14(19)2-1-3-15(16)21/h1-3,6-9,11,21H,4-5H2. The fraction of sp³-hybridized carbons (Fsp3) is 0.176. The van der Waals surface area contributed by atoms with Crippen LogP contribution < -0.4 is 0 Å². The molecule has 0 saturated carbocycles. The molecule has 2 aromatic carbocycles. The number of aromatic hydroxyl groups is 1. The predicted molar refractivity (Wildman–Crippen MR) is 83.4 cm³/mol. The molecule has 2 aromatic rings. The number of aryl methyl sites for hydroxylation is 1. The maximum atomic E-state index is 13.6. The van der Waals surface area contributed by atoms with Crippen LogP contribution in [0.25, 0.3) is 0 Å². The molecule has 0 bridgehead atoms. The first-order valence-electron chi connectivity index (χ1n) is 6.90. The Hall–Kier alpha value is -2.20. The minimum absolute atomic E-state index is 0.00475. The summed E-state index contributed by atoms with van der Waals surface area (Å²) in [5, 5.41) is 10.3. The Morgan fingerprint density at radius 1 is 1.36 bits per heavy atom. The van der Waals surface area contributed by atoms with Gasteiger partial charge < -0.3 is 5.11 Å². The minimum atomic E-state index is -0.780. The van der Waals surface area contributed by atoms with E-state index in [-0.39, 0.29) is 5.92 Å². The fourth-order valence-corrected chi connectivity index (χ4v) is 2.92. The van der Waals surface area contributed by atoms with Crippen molar-refractivity contribution in [2.24, 2.45) is 4.99 Å². The topological polar surface area (TPSA) is 49.7 Å². The Labute approximate surface area is 132 Å². The van der Waals surface area contributed by atoms with Gasteiger partial charge >= 0.3 is 0 Å². The minimum Gasteiger partial charge on any atom is -0.507 e. The van der Waals surface area contributed by atoms with Crippen LogP contribution in [-0.2, 0) is 6.42 Å². The molecule has 1 aliphatic carbocycles. The maximum absolute atomic E-state index is 13.6. The van der Waals surface area contributed by atoms with Crippen molar-refractivity contribution in [1.29, 1.82) is 0 Å². The molecule has 0 radical (unpaired) electrons. The summed E-state index contributed by atoms with van der Waals surface area (Å²) in [5.74, 6) is -1.95. The van der Waals surface area contributed by atoms with E-state index >= 15 is 0 Å². The van der Waals surface area contributed by atoms with Crippen molar-refractivity contribution < 1.29 is 14.3 Å². The highest BCUT2D eigenvalue weighted by molar-refractivity contribution is 6.30. The fourth-order valence-electron chi connectivity index (χ4n) is 2.72. The Balaban J connectivity index is 1.83. The summed E-state index contributed by atoms with van der Waals surface area (Å²) < 4.78 is 13.6. The summed E-state index contributed by atoms with van der Waals surface area (Å²) in [6.45, 7) is 0. The number of fused-ring (bicyclic) bond motifs is 1. The molecule has 112 valence electrons. The summed E-state index contributed by atoms with van der Waals surface area (Å²) >= 11 is 5.96. The highest BCUT2D eigenvalue weighted by atomic mass is 35.5. The van der Waals surface area contributed by atoms with Crippen LogP contribution >= 0.6 is 11.6 Å². The van der Waals surface area contributed by atoms with Crippen molar-refractivity contribution in [3.63, 3.8) is 0 Å². The number of carbonyl (C=O) groups is 1. The molecule has 0 aromatic heterocycles. The normalized spacial score (nSPS) is 16.9. The Kier molecular flexibility index (Phi) is 3.94. The molecule has 1 aliphatic rings. The zero-order valence-corrected chi connectivity index (χ0v) is 12.3. The van der Waals surface area contributed by atoms with Crippen LogP contribution in [0.5, 0.6) is 5.75 Å². The molecule has 22 heavy (non-hydrogen) atoms. The number of rotatable bonds is 2. The van der Waals surface area contributed by atoms with Crippen molar-refractivity contribution in [3.05, 3.63) is 63.9 Å². The summed E-state index contributed by atoms with van der Waals surface area (Å²) in [5.41, 5.74) is 1.83. The monoisotopic (exact) mass is 317 g/mol. The van der Waals surface area contributed by atoms with E-state index in [1.807, 2.05) is 12.1 Å². The third-order valence-corrected chi connectivity index (χ3v) is 4.04. The zero-order valence-electron chi connectivity index (χ0n) is 11.6. The Morgan fingerprint density at radius 3 is 2.95 bits per heavy atom. The second kappa shape index (κ2) is 5.89. The van der Waals surface area contributed by atoms with E-state index in [0.717, 1.165) is 30.0 Å². The van der Waals surface area contributed by atoms with Crippen molar-refractivity contribution in [3.8, 4) is 5.75 Å². The predicted octanol–water partition coefficient (Wildman–Crippen LogP) is 4.13. The molecule has 1 unspecified atom stereocenters. The van der Waals surface area contributed by atoms with Crippen LogP contribution in [0, 0.1) is 5.82 Å². The van der Waals surface area contributed by atoms with Crippen LogP contribution in [0.2, 0.25) is 5.02 Å². The third-order valence-electron chi connectivity index (χ3n) is 3.81.